The van der Waals surface area contributed by atoms with Gasteiger partial charge in [0.1, 0.15) is 11.5 Å². The maximum absolute atomic E-state index is 12.6. The minimum Gasteiger partial charge on any atom is -0.497 e. The average Bonchev–Trinajstić information content (AvgIpc) is 3.10. The number of amides is 1. The fraction of sp³-hybridized carbons (Fsp3) is 0.238. The predicted molar refractivity (Wildman–Crippen MR) is 117 cm³/mol. The van der Waals surface area contributed by atoms with Crippen molar-refractivity contribution >= 4 is 38.3 Å². The van der Waals surface area contributed by atoms with Crippen molar-refractivity contribution in [3.8, 4) is 22.8 Å². The van der Waals surface area contributed by atoms with Crippen LogP contribution in [-0.2, 0) is 6.42 Å². The summed E-state index contributed by atoms with van der Waals surface area (Å²) in [5, 5.41) is 3.51. The first-order chi connectivity index (χ1) is 13.5. The van der Waals surface area contributed by atoms with Gasteiger partial charge in [0.25, 0.3) is 5.91 Å². The van der Waals surface area contributed by atoms with Gasteiger partial charge in [-0.1, -0.05) is 13.3 Å². The van der Waals surface area contributed by atoms with E-state index in [1.165, 1.54) is 11.3 Å². The van der Waals surface area contributed by atoms with Gasteiger partial charge in [-0.05, 0) is 64.8 Å². The van der Waals surface area contributed by atoms with Gasteiger partial charge >= 0.3 is 0 Å². The lowest BCUT2D eigenvalue weighted by Crippen LogP contribution is -2.11. The van der Waals surface area contributed by atoms with E-state index in [0.717, 1.165) is 39.2 Å². The van der Waals surface area contributed by atoms with Gasteiger partial charge in [0.05, 0.1) is 24.4 Å². The number of nitrogens with zero attached hydrogens (tertiary/aromatic N) is 1. The molecule has 1 N–H and O–H groups in total. The number of hydrogen-bond acceptors (Lipinski definition) is 5. The van der Waals surface area contributed by atoms with Crippen molar-refractivity contribution in [2.75, 3.05) is 19.5 Å². The van der Waals surface area contributed by atoms with Gasteiger partial charge in [0, 0.05) is 16.0 Å². The molecule has 28 heavy (non-hydrogen) atoms. The number of anilines is 1. The van der Waals surface area contributed by atoms with Crippen LogP contribution >= 0.6 is 27.3 Å². The largest absolute Gasteiger partial charge is 0.497 e. The Balaban J connectivity index is 1.85. The Morgan fingerprint density at radius 3 is 2.50 bits per heavy atom. The number of halogens is 1. The van der Waals surface area contributed by atoms with Gasteiger partial charge in [0.15, 0.2) is 5.13 Å². The SMILES string of the molecule is CCCc1sc(NC(=O)c2ccc(OC)c(Br)c2)nc1-c1ccc(OC)cc1. The van der Waals surface area contributed by atoms with Gasteiger partial charge < -0.3 is 9.47 Å². The molecule has 0 unspecified atom stereocenters. The minimum absolute atomic E-state index is 0.207. The van der Waals surface area contributed by atoms with Gasteiger partial charge in [-0.15, -0.1) is 11.3 Å². The molecular weight excluding hydrogens is 440 g/mol. The molecule has 0 fully saturated rings. The molecule has 0 aliphatic rings. The highest BCUT2D eigenvalue weighted by Gasteiger charge is 2.16. The lowest BCUT2D eigenvalue weighted by molar-refractivity contribution is 0.102. The third-order valence-electron chi connectivity index (χ3n) is 4.17. The van der Waals surface area contributed by atoms with E-state index in [2.05, 4.69) is 33.2 Å². The summed E-state index contributed by atoms with van der Waals surface area (Å²) in [6, 6.07) is 13.0. The summed E-state index contributed by atoms with van der Waals surface area (Å²) < 4.78 is 11.2. The van der Waals surface area contributed by atoms with Crippen LogP contribution in [0.4, 0.5) is 5.13 Å². The van der Waals surface area contributed by atoms with Crippen LogP contribution in [-0.4, -0.2) is 25.1 Å². The maximum atomic E-state index is 12.6. The van der Waals surface area contributed by atoms with Gasteiger partial charge in [-0.2, -0.15) is 0 Å². The number of rotatable bonds is 7. The van der Waals surface area contributed by atoms with Gasteiger partial charge in [-0.3, -0.25) is 10.1 Å². The zero-order valence-electron chi connectivity index (χ0n) is 15.9. The Kier molecular flexibility index (Phi) is 6.70. The van der Waals surface area contributed by atoms with Crippen molar-refractivity contribution in [2.45, 2.75) is 19.8 Å². The van der Waals surface area contributed by atoms with Crippen LogP contribution in [0.3, 0.4) is 0 Å². The standard InChI is InChI=1S/C21H21BrN2O3S/c1-4-5-18-19(13-6-9-15(26-2)10-7-13)23-21(28-18)24-20(25)14-8-11-17(27-3)16(22)12-14/h6-12H,4-5H2,1-3H3,(H,23,24,25). The molecule has 0 bridgehead atoms. The first-order valence-corrected chi connectivity index (χ1v) is 10.5. The molecular formula is C21H21BrN2O3S. The van der Waals surface area contributed by atoms with Crippen LogP contribution in [0.2, 0.25) is 0 Å². The van der Waals surface area contributed by atoms with Gasteiger partial charge in [0.2, 0.25) is 0 Å². The maximum Gasteiger partial charge on any atom is 0.257 e. The van der Waals surface area contributed by atoms with Crippen LogP contribution in [0.15, 0.2) is 46.9 Å². The van der Waals surface area contributed by atoms with Crippen LogP contribution in [0.5, 0.6) is 11.5 Å². The summed E-state index contributed by atoms with van der Waals surface area (Å²) in [5.41, 5.74) is 2.44. The number of methoxy groups -OCH3 is 2. The Labute approximate surface area is 176 Å². The molecule has 1 amide bonds. The molecule has 7 heteroatoms. The van der Waals surface area contributed by atoms with Crippen molar-refractivity contribution in [1.29, 1.82) is 0 Å². The van der Waals surface area contributed by atoms with E-state index in [1.54, 1.807) is 32.4 Å². The summed E-state index contributed by atoms with van der Waals surface area (Å²) in [6.45, 7) is 2.13. The van der Waals surface area contributed by atoms with Crippen LogP contribution < -0.4 is 14.8 Å². The zero-order valence-corrected chi connectivity index (χ0v) is 18.3. The van der Waals surface area contributed by atoms with E-state index in [0.29, 0.717) is 16.4 Å². The highest BCUT2D eigenvalue weighted by molar-refractivity contribution is 9.10. The normalized spacial score (nSPS) is 10.6. The zero-order chi connectivity index (χ0) is 20.1. The highest BCUT2D eigenvalue weighted by atomic mass is 79.9. The fourth-order valence-electron chi connectivity index (χ4n) is 2.75. The van der Waals surface area contributed by atoms with Crippen LogP contribution in [0, 0.1) is 0 Å². The molecule has 0 saturated carbocycles. The van der Waals surface area contributed by atoms with E-state index in [-0.39, 0.29) is 5.91 Å². The summed E-state index contributed by atoms with van der Waals surface area (Å²) >= 11 is 4.92. The minimum atomic E-state index is -0.207. The molecule has 0 aliphatic carbocycles. The second-order valence-corrected chi connectivity index (χ2v) is 8.01. The molecule has 1 heterocycles. The molecule has 2 aromatic carbocycles. The lowest BCUT2D eigenvalue weighted by atomic mass is 10.1. The van der Waals surface area contributed by atoms with E-state index in [4.69, 9.17) is 9.47 Å². The van der Waals surface area contributed by atoms with Crippen molar-refractivity contribution in [1.82, 2.24) is 4.98 Å². The molecule has 0 saturated heterocycles. The summed E-state index contributed by atoms with van der Waals surface area (Å²) in [6.07, 6.45) is 1.91. The number of carbonyl (C=O) groups is 1. The molecule has 5 nitrogen and oxygen atoms in total. The van der Waals surface area contributed by atoms with E-state index < -0.39 is 0 Å². The molecule has 0 aliphatic heterocycles. The number of nitrogens with one attached hydrogen (secondary N) is 1. The molecule has 146 valence electrons. The number of carbonyl (C=O) groups excluding carboxylic acids is 1. The summed E-state index contributed by atoms with van der Waals surface area (Å²) in [4.78, 5) is 18.5. The predicted octanol–water partition coefficient (Wildman–Crippen LogP) is 5.79. The lowest BCUT2D eigenvalue weighted by Gasteiger charge is -2.06. The summed E-state index contributed by atoms with van der Waals surface area (Å²) in [7, 11) is 3.23. The quantitative estimate of drug-likeness (QED) is 0.484. The molecule has 0 radical (unpaired) electrons. The number of hydrogen-bond donors (Lipinski definition) is 1. The van der Waals surface area contributed by atoms with Crippen molar-refractivity contribution in [3.63, 3.8) is 0 Å². The van der Waals surface area contributed by atoms with Crippen molar-refractivity contribution in [2.24, 2.45) is 0 Å². The van der Waals surface area contributed by atoms with Crippen LogP contribution in [0.1, 0.15) is 28.6 Å². The molecule has 3 rings (SSSR count). The third kappa shape index (κ3) is 4.54. The Hall–Kier alpha value is -2.38. The number of benzene rings is 2. The Bertz CT molecular complexity index is 970. The fourth-order valence-corrected chi connectivity index (χ4v) is 4.37. The topological polar surface area (TPSA) is 60.5 Å². The number of thiazole rings is 1. The first kappa shape index (κ1) is 20.4. The van der Waals surface area contributed by atoms with Crippen LogP contribution in [0.25, 0.3) is 11.3 Å². The molecule has 1 aromatic heterocycles. The Morgan fingerprint density at radius 2 is 1.89 bits per heavy atom. The Morgan fingerprint density at radius 1 is 1.14 bits per heavy atom. The van der Waals surface area contributed by atoms with E-state index in [1.807, 2.05) is 24.3 Å². The highest BCUT2D eigenvalue weighted by Crippen LogP contribution is 2.33. The molecule has 3 aromatic rings. The monoisotopic (exact) mass is 460 g/mol. The van der Waals surface area contributed by atoms with Crippen molar-refractivity contribution < 1.29 is 14.3 Å². The number of aryl methyl sites for hydroxylation is 1. The van der Waals surface area contributed by atoms with Crippen molar-refractivity contribution in [3.05, 3.63) is 57.4 Å². The van der Waals surface area contributed by atoms with E-state index in [9.17, 15) is 4.79 Å². The molecule has 0 spiro atoms. The first-order valence-electron chi connectivity index (χ1n) is 8.84. The van der Waals surface area contributed by atoms with E-state index >= 15 is 0 Å². The second-order valence-electron chi connectivity index (χ2n) is 6.07. The third-order valence-corrected chi connectivity index (χ3v) is 5.82. The number of aromatic nitrogens is 1. The average molecular weight is 461 g/mol. The summed E-state index contributed by atoms with van der Waals surface area (Å²) in [5.74, 6) is 1.27. The van der Waals surface area contributed by atoms with Gasteiger partial charge in [-0.25, -0.2) is 4.98 Å². The second kappa shape index (κ2) is 9.21. The smallest absolute Gasteiger partial charge is 0.257 e. The number of ether oxygens (including phenoxy) is 2. The molecule has 0 atom stereocenters.